The van der Waals surface area contributed by atoms with E-state index in [1.807, 2.05) is 6.07 Å². The second-order valence-corrected chi connectivity index (χ2v) is 6.28. The van der Waals surface area contributed by atoms with Crippen molar-refractivity contribution in [3.63, 3.8) is 0 Å². The van der Waals surface area contributed by atoms with Crippen LogP contribution in [0.1, 0.15) is 17.3 Å². The zero-order valence-corrected chi connectivity index (χ0v) is 13.7. The molecule has 0 aliphatic rings. The zero-order valence-electron chi connectivity index (χ0n) is 9.00. The predicted molar refractivity (Wildman–Crippen MR) is 82.1 cm³/mol. The van der Waals surface area contributed by atoms with Crippen LogP contribution in [-0.2, 0) is 0 Å². The van der Waals surface area contributed by atoms with Gasteiger partial charge in [0.05, 0.1) is 11.7 Å². The molecule has 6 heteroatoms. The Labute approximate surface area is 132 Å². The molecule has 0 spiro atoms. The van der Waals surface area contributed by atoms with E-state index in [0.29, 0.717) is 15.7 Å². The molecule has 0 bridgehead atoms. The fourth-order valence-corrected chi connectivity index (χ4v) is 3.20. The van der Waals surface area contributed by atoms with Crippen molar-refractivity contribution in [2.75, 3.05) is 0 Å². The number of pyridine rings is 1. The SMILES string of the molecule is NC(c1cc(Cl)ccc1Cl)c1ncc(Br)cc1Br. The van der Waals surface area contributed by atoms with Crippen molar-refractivity contribution in [3.8, 4) is 0 Å². The summed E-state index contributed by atoms with van der Waals surface area (Å²) in [4.78, 5) is 4.30. The van der Waals surface area contributed by atoms with Crippen molar-refractivity contribution < 1.29 is 0 Å². The minimum atomic E-state index is -0.432. The van der Waals surface area contributed by atoms with Gasteiger partial charge in [-0.05, 0) is 61.7 Å². The highest BCUT2D eigenvalue weighted by molar-refractivity contribution is 9.11. The number of hydrogen-bond acceptors (Lipinski definition) is 2. The molecule has 1 heterocycles. The van der Waals surface area contributed by atoms with Crippen molar-refractivity contribution in [3.05, 3.63) is 60.7 Å². The lowest BCUT2D eigenvalue weighted by Gasteiger charge is -2.15. The molecule has 2 N–H and O–H groups in total. The average Bonchev–Trinajstić information content (AvgIpc) is 2.31. The molecule has 0 radical (unpaired) electrons. The van der Waals surface area contributed by atoms with Crippen LogP contribution in [0, 0.1) is 0 Å². The maximum Gasteiger partial charge on any atom is 0.0759 e. The van der Waals surface area contributed by atoms with E-state index in [0.717, 1.165) is 14.5 Å². The van der Waals surface area contributed by atoms with Gasteiger partial charge in [0.2, 0.25) is 0 Å². The summed E-state index contributed by atoms with van der Waals surface area (Å²) in [7, 11) is 0. The molecule has 1 aromatic carbocycles. The summed E-state index contributed by atoms with van der Waals surface area (Å²) in [5.74, 6) is 0. The summed E-state index contributed by atoms with van der Waals surface area (Å²) < 4.78 is 1.70. The van der Waals surface area contributed by atoms with Crippen LogP contribution in [0.4, 0.5) is 0 Å². The summed E-state index contributed by atoms with van der Waals surface area (Å²) in [6.45, 7) is 0. The van der Waals surface area contributed by atoms with Gasteiger partial charge in [0, 0.05) is 25.2 Å². The molecular formula is C12H8Br2Cl2N2. The highest BCUT2D eigenvalue weighted by Crippen LogP contribution is 2.32. The molecule has 0 saturated heterocycles. The largest absolute Gasteiger partial charge is 0.319 e. The Kier molecular flexibility index (Phi) is 4.67. The lowest BCUT2D eigenvalue weighted by molar-refractivity contribution is 0.821. The second kappa shape index (κ2) is 5.88. The third kappa shape index (κ3) is 3.06. The van der Waals surface area contributed by atoms with Crippen molar-refractivity contribution in [2.24, 2.45) is 5.73 Å². The van der Waals surface area contributed by atoms with E-state index in [2.05, 4.69) is 36.8 Å². The van der Waals surface area contributed by atoms with Crippen LogP contribution in [0.25, 0.3) is 0 Å². The van der Waals surface area contributed by atoms with Gasteiger partial charge < -0.3 is 5.73 Å². The van der Waals surface area contributed by atoms with Gasteiger partial charge in [-0.15, -0.1) is 0 Å². The monoisotopic (exact) mass is 408 g/mol. The first-order valence-corrected chi connectivity index (χ1v) is 7.34. The number of aromatic nitrogens is 1. The summed E-state index contributed by atoms with van der Waals surface area (Å²) in [5, 5.41) is 1.17. The quantitative estimate of drug-likeness (QED) is 0.759. The van der Waals surface area contributed by atoms with Gasteiger partial charge in [0.25, 0.3) is 0 Å². The first kappa shape index (κ1) is 14.3. The van der Waals surface area contributed by atoms with E-state index >= 15 is 0 Å². The van der Waals surface area contributed by atoms with E-state index in [1.54, 1.807) is 24.4 Å². The van der Waals surface area contributed by atoms with Crippen LogP contribution in [0.5, 0.6) is 0 Å². The van der Waals surface area contributed by atoms with E-state index in [-0.39, 0.29) is 0 Å². The molecule has 1 aromatic heterocycles. The number of rotatable bonds is 2. The van der Waals surface area contributed by atoms with Crippen LogP contribution in [0.3, 0.4) is 0 Å². The molecule has 2 aromatic rings. The Morgan fingerprint density at radius 2 is 1.89 bits per heavy atom. The molecule has 0 fully saturated rings. The highest BCUT2D eigenvalue weighted by Gasteiger charge is 2.17. The normalized spacial score (nSPS) is 12.5. The smallest absolute Gasteiger partial charge is 0.0759 e. The third-order valence-corrected chi connectivity index (χ3v) is 4.07. The Morgan fingerprint density at radius 3 is 2.56 bits per heavy atom. The van der Waals surface area contributed by atoms with E-state index in [4.69, 9.17) is 28.9 Å². The molecule has 1 unspecified atom stereocenters. The predicted octanol–water partition coefficient (Wildman–Crippen LogP) is 4.96. The molecule has 0 aliphatic carbocycles. The van der Waals surface area contributed by atoms with Crippen LogP contribution in [-0.4, -0.2) is 4.98 Å². The lowest BCUT2D eigenvalue weighted by atomic mass is 10.0. The van der Waals surface area contributed by atoms with E-state index in [9.17, 15) is 0 Å². The van der Waals surface area contributed by atoms with Gasteiger partial charge in [-0.1, -0.05) is 23.2 Å². The van der Waals surface area contributed by atoms with Gasteiger partial charge in [-0.25, -0.2) is 0 Å². The zero-order chi connectivity index (χ0) is 13.3. The van der Waals surface area contributed by atoms with Crippen molar-refractivity contribution in [1.29, 1.82) is 0 Å². The fraction of sp³-hybridized carbons (Fsp3) is 0.0833. The average molecular weight is 411 g/mol. The maximum absolute atomic E-state index is 6.19. The van der Waals surface area contributed by atoms with E-state index in [1.165, 1.54) is 0 Å². The number of benzene rings is 1. The first-order valence-electron chi connectivity index (χ1n) is 5.00. The Balaban J connectivity index is 2.47. The molecular weight excluding hydrogens is 403 g/mol. The van der Waals surface area contributed by atoms with E-state index < -0.39 is 6.04 Å². The standard InChI is InChI=1S/C12H8Br2Cl2N2/c13-6-3-9(14)12(18-5-6)11(17)8-4-7(15)1-2-10(8)16/h1-5,11H,17H2. The molecule has 1 atom stereocenters. The third-order valence-electron chi connectivity index (χ3n) is 2.42. The van der Waals surface area contributed by atoms with Crippen LogP contribution in [0.15, 0.2) is 39.4 Å². The maximum atomic E-state index is 6.19. The fourth-order valence-electron chi connectivity index (χ4n) is 1.55. The molecule has 0 saturated carbocycles. The van der Waals surface area contributed by atoms with Gasteiger partial charge in [-0.2, -0.15) is 0 Å². The van der Waals surface area contributed by atoms with Crippen molar-refractivity contribution in [2.45, 2.75) is 6.04 Å². The minimum Gasteiger partial charge on any atom is -0.319 e. The van der Waals surface area contributed by atoms with Crippen LogP contribution in [0.2, 0.25) is 10.0 Å². The van der Waals surface area contributed by atoms with Crippen molar-refractivity contribution >= 4 is 55.1 Å². The minimum absolute atomic E-state index is 0.432. The summed E-state index contributed by atoms with van der Waals surface area (Å²) in [6, 6.07) is 6.67. The summed E-state index contributed by atoms with van der Waals surface area (Å²) in [5.41, 5.74) is 7.65. The number of halogens is 4. The molecule has 18 heavy (non-hydrogen) atoms. The Hall–Kier alpha value is -0.130. The molecule has 2 nitrogen and oxygen atoms in total. The van der Waals surface area contributed by atoms with Crippen LogP contribution >= 0.6 is 55.1 Å². The first-order chi connectivity index (χ1) is 8.49. The summed E-state index contributed by atoms with van der Waals surface area (Å²) in [6.07, 6.45) is 1.69. The molecule has 2 rings (SSSR count). The lowest BCUT2D eigenvalue weighted by Crippen LogP contribution is -2.14. The number of nitrogens with two attached hydrogens (primary N) is 1. The number of nitrogens with zero attached hydrogens (tertiary/aromatic N) is 1. The molecule has 94 valence electrons. The highest BCUT2D eigenvalue weighted by atomic mass is 79.9. The van der Waals surface area contributed by atoms with Gasteiger partial charge in [0.1, 0.15) is 0 Å². The Bertz CT molecular complexity index is 590. The van der Waals surface area contributed by atoms with Gasteiger partial charge in [0.15, 0.2) is 0 Å². The molecule has 0 aliphatic heterocycles. The molecule has 0 amide bonds. The van der Waals surface area contributed by atoms with Gasteiger partial charge >= 0.3 is 0 Å². The van der Waals surface area contributed by atoms with Crippen LogP contribution < -0.4 is 5.73 Å². The van der Waals surface area contributed by atoms with Crippen molar-refractivity contribution in [1.82, 2.24) is 4.98 Å². The topological polar surface area (TPSA) is 38.9 Å². The number of hydrogen-bond donors (Lipinski definition) is 1. The summed E-state index contributed by atoms with van der Waals surface area (Å²) >= 11 is 18.9. The Morgan fingerprint density at radius 1 is 1.17 bits per heavy atom. The second-order valence-electron chi connectivity index (χ2n) is 3.66. The van der Waals surface area contributed by atoms with Gasteiger partial charge in [-0.3, -0.25) is 4.98 Å².